The van der Waals surface area contributed by atoms with E-state index in [-0.39, 0.29) is 0 Å². The number of hydrogen-bond donors (Lipinski definition) is 0. The Morgan fingerprint density at radius 3 is 1.42 bits per heavy atom. The Morgan fingerprint density at radius 1 is 0.480 bits per heavy atom. The van der Waals surface area contributed by atoms with Crippen LogP contribution >= 0.6 is 63.7 Å². The standard InChI is InChI=1S/2C21H15Br2NO/c2*22-15-7-9-20-18(13-15)19-14-16(23)8-10-21(19)24(20)11-4-12-25-17-5-2-1-3-6-17/h1-10,12-14H,11H2;1-11,13-14H,12H2/b12-4+;11-4+. The summed E-state index contributed by atoms with van der Waals surface area (Å²) in [6, 6.07) is 45.2. The highest BCUT2D eigenvalue weighted by atomic mass is 79.9. The average molecular weight is 914 g/mol. The molecule has 0 fully saturated rings. The Labute approximate surface area is 324 Å². The van der Waals surface area contributed by atoms with E-state index in [1.807, 2.05) is 72.8 Å². The number of hydrogen-bond acceptors (Lipinski definition) is 2. The van der Waals surface area contributed by atoms with Crippen LogP contribution in [0.5, 0.6) is 11.5 Å². The normalized spacial score (nSPS) is 11.6. The molecule has 0 unspecified atom stereocenters. The zero-order valence-electron chi connectivity index (χ0n) is 26.6. The molecule has 2 aromatic heterocycles. The van der Waals surface area contributed by atoms with Gasteiger partial charge in [-0.1, -0.05) is 100 Å². The second-order valence-electron chi connectivity index (χ2n) is 11.4. The Bertz CT molecular complexity index is 2370. The summed E-state index contributed by atoms with van der Waals surface area (Å²) in [6.45, 7) is 1.27. The highest BCUT2D eigenvalue weighted by molar-refractivity contribution is 9.11. The molecule has 6 aromatic carbocycles. The number of para-hydroxylation sites is 2. The largest absolute Gasteiger partial charge is 0.489 e. The van der Waals surface area contributed by atoms with Gasteiger partial charge in [0.15, 0.2) is 0 Å². The van der Waals surface area contributed by atoms with Gasteiger partial charge in [0.25, 0.3) is 0 Å². The highest BCUT2D eigenvalue weighted by Gasteiger charge is 2.11. The van der Waals surface area contributed by atoms with Crippen molar-refractivity contribution < 1.29 is 9.47 Å². The lowest BCUT2D eigenvalue weighted by Gasteiger charge is -2.04. The SMILES string of the molecule is Brc1ccc2c(c1)c1cc(Br)ccc1n2/C=C/COc1ccccc1.Brc1ccc2c(c1)c1cc(Br)ccc1n2C/C=C/Oc1ccccc1. The summed E-state index contributed by atoms with van der Waals surface area (Å²) >= 11 is 14.3. The first-order chi connectivity index (χ1) is 24.4. The number of aromatic nitrogens is 2. The maximum absolute atomic E-state index is 5.75. The first kappa shape index (κ1) is 34.4. The number of allylic oxidation sites excluding steroid dienone is 1. The van der Waals surface area contributed by atoms with Crippen LogP contribution in [0.2, 0.25) is 0 Å². The van der Waals surface area contributed by atoms with Crippen LogP contribution in [0.4, 0.5) is 0 Å². The third-order valence-electron chi connectivity index (χ3n) is 8.19. The van der Waals surface area contributed by atoms with Crippen molar-refractivity contribution >= 4 is 114 Å². The topological polar surface area (TPSA) is 28.3 Å². The Balaban J connectivity index is 0.000000157. The second-order valence-corrected chi connectivity index (χ2v) is 15.1. The fraction of sp³-hybridized carbons (Fsp3) is 0.0476. The first-order valence-electron chi connectivity index (χ1n) is 15.9. The van der Waals surface area contributed by atoms with Crippen molar-refractivity contribution in [1.82, 2.24) is 9.13 Å². The summed E-state index contributed by atoms with van der Waals surface area (Å²) in [5.41, 5.74) is 4.76. The molecule has 8 rings (SSSR count). The monoisotopic (exact) mass is 910 g/mol. The van der Waals surface area contributed by atoms with Gasteiger partial charge in [-0.15, -0.1) is 0 Å². The van der Waals surface area contributed by atoms with E-state index in [4.69, 9.17) is 9.47 Å². The van der Waals surface area contributed by atoms with Crippen molar-refractivity contribution in [3.63, 3.8) is 0 Å². The minimum atomic E-state index is 0.526. The molecule has 4 nitrogen and oxygen atoms in total. The molecule has 0 aliphatic rings. The highest BCUT2D eigenvalue weighted by Crippen LogP contribution is 2.34. The molecule has 8 aromatic rings. The van der Waals surface area contributed by atoms with Gasteiger partial charge in [0.05, 0.1) is 17.3 Å². The molecule has 0 spiro atoms. The van der Waals surface area contributed by atoms with E-state index in [2.05, 4.69) is 152 Å². The minimum Gasteiger partial charge on any atom is -0.489 e. The fourth-order valence-electron chi connectivity index (χ4n) is 5.99. The molecule has 0 atom stereocenters. The maximum Gasteiger partial charge on any atom is 0.126 e. The molecule has 0 aliphatic heterocycles. The second kappa shape index (κ2) is 15.9. The predicted molar refractivity (Wildman–Crippen MR) is 223 cm³/mol. The Hall–Kier alpha value is -4.08. The molecule has 0 saturated heterocycles. The third-order valence-corrected chi connectivity index (χ3v) is 10.2. The number of nitrogens with zero attached hydrogens (tertiary/aromatic N) is 2. The zero-order valence-corrected chi connectivity index (χ0v) is 33.0. The van der Waals surface area contributed by atoms with Crippen molar-refractivity contribution in [2.45, 2.75) is 6.54 Å². The van der Waals surface area contributed by atoms with Crippen LogP contribution < -0.4 is 9.47 Å². The molecule has 0 aliphatic carbocycles. The summed E-state index contributed by atoms with van der Waals surface area (Å²) in [5.74, 6) is 1.72. The number of benzene rings is 6. The van der Waals surface area contributed by atoms with E-state index >= 15 is 0 Å². The molecule has 0 bridgehead atoms. The van der Waals surface area contributed by atoms with Crippen LogP contribution in [-0.2, 0) is 6.54 Å². The molecule has 0 saturated carbocycles. The van der Waals surface area contributed by atoms with Gasteiger partial charge in [-0.3, -0.25) is 0 Å². The smallest absolute Gasteiger partial charge is 0.126 e. The summed E-state index contributed by atoms with van der Waals surface area (Å²) in [6.07, 6.45) is 7.91. The van der Waals surface area contributed by atoms with Crippen molar-refractivity contribution in [3.8, 4) is 11.5 Å². The molecule has 248 valence electrons. The zero-order chi connectivity index (χ0) is 34.5. The van der Waals surface area contributed by atoms with Gasteiger partial charge in [-0.25, -0.2) is 0 Å². The molecule has 0 N–H and O–H groups in total. The molecule has 2 heterocycles. The van der Waals surface area contributed by atoms with Crippen LogP contribution in [0, 0.1) is 0 Å². The number of ether oxygens (including phenoxy) is 2. The number of rotatable bonds is 8. The maximum atomic E-state index is 5.75. The van der Waals surface area contributed by atoms with Crippen LogP contribution in [0.25, 0.3) is 49.8 Å². The fourth-order valence-corrected chi connectivity index (χ4v) is 7.43. The summed E-state index contributed by atoms with van der Waals surface area (Å²) < 4.78 is 20.2. The molecule has 0 radical (unpaired) electrons. The Morgan fingerprint density at radius 2 is 0.920 bits per heavy atom. The van der Waals surface area contributed by atoms with E-state index in [0.717, 1.165) is 35.9 Å². The van der Waals surface area contributed by atoms with Crippen molar-refractivity contribution in [2.24, 2.45) is 0 Å². The predicted octanol–water partition coefficient (Wildman–Crippen LogP) is 13.8. The first-order valence-corrected chi connectivity index (χ1v) is 19.1. The van der Waals surface area contributed by atoms with Crippen molar-refractivity contribution in [2.75, 3.05) is 6.61 Å². The van der Waals surface area contributed by atoms with E-state index in [0.29, 0.717) is 6.61 Å². The quantitative estimate of drug-likeness (QED) is 0.142. The van der Waals surface area contributed by atoms with Crippen molar-refractivity contribution in [3.05, 3.63) is 170 Å². The van der Waals surface area contributed by atoms with Gasteiger partial charge in [0.1, 0.15) is 18.1 Å². The third kappa shape index (κ3) is 7.79. The lowest BCUT2D eigenvalue weighted by Crippen LogP contribution is -1.95. The van der Waals surface area contributed by atoms with Crippen LogP contribution in [0.15, 0.2) is 170 Å². The molecule has 50 heavy (non-hydrogen) atoms. The molecular formula is C42H30Br4N2O2. The van der Waals surface area contributed by atoms with Gasteiger partial charge in [-0.05, 0) is 109 Å². The summed E-state index contributed by atoms with van der Waals surface area (Å²) in [4.78, 5) is 0. The molecule has 8 heteroatoms. The van der Waals surface area contributed by atoms with Gasteiger partial charge in [0.2, 0.25) is 0 Å². The van der Waals surface area contributed by atoms with Gasteiger partial charge in [0, 0.05) is 63.2 Å². The van der Waals surface area contributed by atoms with Gasteiger partial charge in [-0.2, -0.15) is 0 Å². The van der Waals surface area contributed by atoms with E-state index < -0.39 is 0 Å². The summed E-state index contributed by atoms with van der Waals surface area (Å²) in [7, 11) is 0. The van der Waals surface area contributed by atoms with Gasteiger partial charge >= 0.3 is 0 Å². The number of halogens is 4. The van der Waals surface area contributed by atoms with Crippen LogP contribution in [0.1, 0.15) is 0 Å². The minimum absolute atomic E-state index is 0.526. The van der Waals surface area contributed by atoms with E-state index in [9.17, 15) is 0 Å². The molecular weight excluding hydrogens is 884 g/mol. The van der Waals surface area contributed by atoms with Crippen LogP contribution in [0.3, 0.4) is 0 Å². The molecule has 0 amide bonds. The lowest BCUT2D eigenvalue weighted by molar-refractivity contribution is 0.363. The summed E-state index contributed by atoms with van der Waals surface area (Å²) in [5, 5.41) is 4.92. The average Bonchev–Trinajstić information content (AvgIpc) is 3.59. The Kier molecular flexibility index (Phi) is 10.9. The van der Waals surface area contributed by atoms with Crippen LogP contribution in [-0.4, -0.2) is 15.7 Å². The van der Waals surface area contributed by atoms with Crippen molar-refractivity contribution in [1.29, 1.82) is 0 Å². The lowest BCUT2D eigenvalue weighted by atomic mass is 10.2. The van der Waals surface area contributed by atoms with E-state index in [1.165, 1.54) is 43.6 Å². The van der Waals surface area contributed by atoms with Gasteiger partial charge < -0.3 is 18.6 Å². The number of fused-ring (bicyclic) bond motifs is 6. The van der Waals surface area contributed by atoms with E-state index in [1.54, 1.807) is 6.26 Å².